The van der Waals surface area contributed by atoms with E-state index in [9.17, 15) is 9.90 Å². The maximum atomic E-state index is 11.1. The quantitative estimate of drug-likeness (QED) is 0.887. The minimum atomic E-state index is -0.569. The van der Waals surface area contributed by atoms with E-state index in [1.165, 1.54) is 6.92 Å². The Hall–Kier alpha value is -2.06. The normalized spacial score (nSPS) is 17.1. The summed E-state index contributed by atoms with van der Waals surface area (Å²) < 4.78 is 0. The lowest BCUT2D eigenvalue weighted by atomic mass is 10.00. The van der Waals surface area contributed by atoms with Crippen LogP contribution in [-0.2, 0) is 4.79 Å². The van der Waals surface area contributed by atoms with Gasteiger partial charge in [0.05, 0.1) is 17.7 Å². The Morgan fingerprint density at radius 1 is 1.48 bits per heavy atom. The molecule has 1 heterocycles. The second-order valence-corrected chi connectivity index (χ2v) is 5.52. The molecule has 1 aliphatic rings. The number of anilines is 1. The Balaban J connectivity index is 2.15. The van der Waals surface area contributed by atoms with Crippen LogP contribution in [0, 0.1) is 11.3 Å². The molecule has 1 atom stereocenters. The van der Waals surface area contributed by atoms with Crippen molar-refractivity contribution in [3.8, 4) is 6.07 Å². The highest BCUT2D eigenvalue weighted by Gasteiger charge is 2.22. The van der Waals surface area contributed by atoms with E-state index in [-0.39, 0.29) is 11.9 Å². The predicted molar refractivity (Wildman–Crippen MR) is 80.8 cm³/mol. The van der Waals surface area contributed by atoms with Crippen LogP contribution in [-0.4, -0.2) is 30.1 Å². The van der Waals surface area contributed by atoms with Gasteiger partial charge in [-0.15, -0.1) is 0 Å². The van der Waals surface area contributed by atoms with Crippen molar-refractivity contribution in [3.63, 3.8) is 0 Å². The minimum absolute atomic E-state index is 0.00426. The molecule has 21 heavy (non-hydrogen) atoms. The van der Waals surface area contributed by atoms with Crippen molar-refractivity contribution >= 4 is 11.6 Å². The van der Waals surface area contributed by atoms with Gasteiger partial charge in [0.15, 0.2) is 0 Å². The first-order valence-electron chi connectivity index (χ1n) is 7.25. The monoisotopic (exact) mass is 287 g/mol. The van der Waals surface area contributed by atoms with Crippen LogP contribution in [0.2, 0.25) is 0 Å². The van der Waals surface area contributed by atoms with E-state index in [4.69, 9.17) is 5.26 Å². The molecule has 5 heteroatoms. The summed E-state index contributed by atoms with van der Waals surface area (Å²) in [7, 11) is 0. The molecule has 0 saturated carbocycles. The molecule has 1 aromatic carbocycles. The summed E-state index contributed by atoms with van der Waals surface area (Å²) in [5, 5.41) is 21.9. The number of aliphatic hydroxyl groups is 1. The molecular formula is C16H21N3O2. The summed E-state index contributed by atoms with van der Waals surface area (Å²) in [5.41, 5.74) is 2.36. The second kappa shape index (κ2) is 6.59. The van der Waals surface area contributed by atoms with Crippen LogP contribution in [0.5, 0.6) is 0 Å². The maximum Gasteiger partial charge on any atom is 0.217 e. The standard InChI is InChI=1S/C16H21N3O2/c1-11(20)15-4-3-13(10-17)9-16(15)19-7-5-14(6-8-19)18-12(2)21/h3-4,9,11,14,20H,5-8H2,1-2H3,(H,18,21)/t11-/m0/s1. The lowest BCUT2D eigenvalue weighted by Crippen LogP contribution is -2.44. The van der Waals surface area contributed by atoms with Gasteiger partial charge in [0.2, 0.25) is 5.91 Å². The molecule has 1 amide bonds. The van der Waals surface area contributed by atoms with Gasteiger partial charge in [0.1, 0.15) is 0 Å². The van der Waals surface area contributed by atoms with E-state index >= 15 is 0 Å². The number of nitrogens with zero attached hydrogens (tertiary/aromatic N) is 2. The fourth-order valence-electron chi connectivity index (χ4n) is 2.79. The molecule has 1 aliphatic heterocycles. The van der Waals surface area contributed by atoms with Gasteiger partial charge in [-0.25, -0.2) is 0 Å². The van der Waals surface area contributed by atoms with Crippen LogP contribution in [0.15, 0.2) is 18.2 Å². The number of hydrogen-bond acceptors (Lipinski definition) is 4. The lowest BCUT2D eigenvalue weighted by Gasteiger charge is -2.35. The van der Waals surface area contributed by atoms with Crippen molar-refractivity contribution in [2.24, 2.45) is 0 Å². The van der Waals surface area contributed by atoms with Gasteiger partial charge in [-0.1, -0.05) is 6.07 Å². The molecule has 2 rings (SSSR count). The van der Waals surface area contributed by atoms with Gasteiger partial charge >= 0.3 is 0 Å². The number of nitrogens with one attached hydrogen (secondary N) is 1. The third-order valence-electron chi connectivity index (χ3n) is 3.85. The van der Waals surface area contributed by atoms with Crippen molar-refractivity contribution in [2.45, 2.75) is 38.8 Å². The summed E-state index contributed by atoms with van der Waals surface area (Å²) in [4.78, 5) is 13.3. The number of hydrogen-bond donors (Lipinski definition) is 2. The first-order chi connectivity index (χ1) is 10.0. The van der Waals surface area contributed by atoms with Crippen molar-refractivity contribution in [1.82, 2.24) is 5.32 Å². The average molecular weight is 287 g/mol. The Kier molecular flexibility index (Phi) is 4.81. The number of aliphatic hydroxyl groups excluding tert-OH is 1. The minimum Gasteiger partial charge on any atom is -0.389 e. The Bertz CT molecular complexity index is 555. The van der Waals surface area contributed by atoms with E-state index in [1.807, 2.05) is 12.1 Å². The number of rotatable bonds is 3. The molecular weight excluding hydrogens is 266 g/mol. The zero-order chi connectivity index (χ0) is 15.4. The van der Waals surface area contributed by atoms with Crippen LogP contribution in [0.4, 0.5) is 5.69 Å². The number of piperidine rings is 1. The van der Waals surface area contributed by atoms with Crippen molar-refractivity contribution in [3.05, 3.63) is 29.3 Å². The van der Waals surface area contributed by atoms with Crippen LogP contribution in [0.3, 0.4) is 0 Å². The first-order valence-corrected chi connectivity index (χ1v) is 7.25. The highest BCUT2D eigenvalue weighted by molar-refractivity contribution is 5.73. The molecule has 1 aromatic rings. The number of carbonyl (C=O) groups is 1. The van der Waals surface area contributed by atoms with Crippen LogP contribution < -0.4 is 10.2 Å². The predicted octanol–water partition coefficient (Wildman–Crippen LogP) is 1.72. The molecule has 0 radical (unpaired) electrons. The van der Waals surface area contributed by atoms with E-state index in [1.54, 1.807) is 13.0 Å². The average Bonchev–Trinajstić information content (AvgIpc) is 2.46. The molecule has 1 saturated heterocycles. The highest BCUT2D eigenvalue weighted by Crippen LogP contribution is 2.29. The Morgan fingerprint density at radius 3 is 2.67 bits per heavy atom. The van der Waals surface area contributed by atoms with Crippen molar-refractivity contribution in [2.75, 3.05) is 18.0 Å². The maximum absolute atomic E-state index is 11.1. The molecule has 2 N–H and O–H groups in total. The van der Waals surface area contributed by atoms with Gasteiger partial charge in [-0.2, -0.15) is 5.26 Å². The topological polar surface area (TPSA) is 76.4 Å². The van der Waals surface area contributed by atoms with E-state index in [2.05, 4.69) is 16.3 Å². The zero-order valence-electron chi connectivity index (χ0n) is 12.5. The molecule has 0 unspecified atom stereocenters. The number of nitriles is 1. The lowest BCUT2D eigenvalue weighted by molar-refractivity contribution is -0.119. The van der Waals surface area contributed by atoms with Crippen molar-refractivity contribution in [1.29, 1.82) is 5.26 Å². The second-order valence-electron chi connectivity index (χ2n) is 5.52. The van der Waals surface area contributed by atoms with Gasteiger partial charge in [-0.3, -0.25) is 4.79 Å². The number of benzene rings is 1. The van der Waals surface area contributed by atoms with Gasteiger partial charge in [0.25, 0.3) is 0 Å². The van der Waals surface area contributed by atoms with E-state index < -0.39 is 6.10 Å². The van der Waals surface area contributed by atoms with E-state index in [0.29, 0.717) is 5.56 Å². The van der Waals surface area contributed by atoms with Crippen LogP contribution in [0.1, 0.15) is 43.9 Å². The number of carbonyl (C=O) groups excluding carboxylic acids is 1. The van der Waals surface area contributed by atoms with Gasteiger partial charge in [-0.05, 0) is 31.9 Å². The summed E-state index contributed by atoms with van der Waals surface area (Å²) >= 11 is 0. The smallest absolute Gasteiger partial charge is 0.217 e. The third-order valence-corrected chi connectivity index (χ3v) is 3.85. The SMILES string of the molecule is CC(=O)NC1CCN(c2cc(C#N)ccc2[C@H](C)O)CC1. The molecule has 0 bridgehead atoms. The summed E-state index contributed by atoms with van der Waals surface area (Å²) in [6.45, 7) is 4.88. The fourth-order valence-corrected chi connectivity index (χ4v) is 2.79. The van der Waals surface area contributed by atoms with Gasteiger partial charge < -0.3 is 15.3 Å². The molecule has 0 aromatic heterocycles. The Morgan fingerprint density at radius 2 is 2.14 bits per heavy atom. The van der Waals surface area contributed by atoms with Crippen LogP contribution in [0.25, 0.3) is 0 Å². The first kappa shape index (κ1) is 15.3. The van der Waals surface area contributed by atoms with Crippen LogP contribution >= 0.6 is 0 Å². The van der Waals surface area contributed by atoms with Gasteiger partial charge in [0, 0.05) is 37.3 Å². The largest absolute Gasteiger partial charge is 0.389 e. The molecule has 5 nitrogen and oxygen atoms in total. The molecule has 0 aliphatic carbocycles. The molecule has 0 spiro atoms. The highest BCUT2D eigenvalue weighted by atomic mass is 16.3. The summed E-state index contributed by atoms with van der Waals surface area (Å²) in [5.74, 6) is 0.00426. The fraction of sp³-hybridized carbons (Fsp3) is 0.500. The number of amides is 1. The molecule has 112 valence electrons. The summed E-state index contributed by atoms with van der Waals surface area (Å²) in [6, 6.07) is 7.74. The third kappa shape index (κ3) is 3.73. The van der Waals surface area contributed by atoms with E-state index in [0.717, 1.165) is 37.2 Å². The van der Waals surface area contributed by atoms with Crippen molar-refractivity contribution < 1.29 is 9.90 Å². The molecule has 1 fully saturated rings. The Labute approximate surface area is 125 Å². The zero-order valence-corrected chi connectivity index (χ0v) is 12.5. The summed E-state index contributed by atoms with van der Waals surface area (Å²) in [6.07, 6.45) is 1.17.